The van der Waals surface area contributed by atoms with Crippen molar-refractivity contribution < 1.29 is 18.3 Å². The monoisotopic (exact) mass is 405 g/mol. The minimum atomic E-state index is -1.09. The standard InChI is InChI=1S/C20H21F2N3O2S/c1-12(26)25-20(28-19(24)15-10-14(21)6-7-17(15)22)13(8-9-23)11-27-18-5-3-2-4-16(18)20/h2-7,10,13,24H,8-9,11,23H2,1H3,(H,25,26)/t13-,20+/m0/s1. The molecule has 0 fully saturated rings. The number of thioether (sulfide) groups is 1. The van der Waals surface area contributed by atoms with Crippen molar-refractivity contribution in [3.63, 3.8) is 0 Å². The van der Waals surface area contributed by atoms with E-state index in [1.807, 2.05) is 6.07 Å². The molecule has 1 aliphatic rings. The molecule has 4 N–H and O–H groups in total. The molecule has 0 radical (unpaired) electrons. The van der Waals surface area contributed by atoms with Crippen LogP contribution in [0.4, 0.5) is 8.78 Å². The van der Waals surface area contributed by atoms with Crippen molar-refractivity contribution in [2.75, 3.05) is 13.2 Å². The summed E-state index contributed by atoms with van der Waals surface area (Å²) in [5, 5.41) is 11.2. The Morgan fingerprint density at radius 3 is 2.82 bits per heavy atom. The predicted molar refractivity (Wildman–Crippen MR) is 105 cm³/mol. The molecular formula is C20H21F2N3O2S. The number of hydrogen-bond donors (Lipinski definition) is 3. The molecule has 0 aliphatic carbocycles. The van der Waals surface area contributed by atoms with Crippen molar-refractivity contribution >= 4 is 22.7 Å². The van der Waals surface area contributed by atoms with Gasteiger partial charge < -0.3 is 15.8 Å². The highest BCUT2D eigenvalue weighted by Crippen LogP contribution is 2.50. The lowest BCUT2D eigenvalue weighted by Crippen LogP contribution is -2.53. The minimum absolute atomic E-state index is 0.162. The zero-order valence-corrected chi connectivity index (χ0v) is 16.1. The van der Waals surface area contributed by atoms with Gasteiger partial charge in [0.05, 0.1) is 11.7 Å². The van der Waals surface area contributed by atoms with E-state index >= 15 is 0 Å². The van der Waals surface area contributed by atoms with Gasteiger partial charge in [-0.05, 0) is 37.2 Å². The summed E-state index contributed by atoms with van der Waals surface area (Å²) in [5.74, 6) is -1.34. The summed E-state index contributed by atoms with van der Waals surface area (Å²) in [6.07, 6.45) is 0.514. The third kappa shape index (κ3) is 3.88. The molecule has 2 aromatic carbocycles. The maximum atomic E-state index is 14.2. The molecule has 0 unspecified atom stereocenters. The molecule has 2 atom stereocenters. The van der Waals surface area contributed by atoms with Crippen molar-refractivity contribution in [3.05, 3.63) is 65.2 Å². The number of fused-ring (bicyclic) bond motifs is 1. The van der Waals surface area contributed by atoms with E-state index in [2.05, 4.69) is 5.32 Å². The molecule has 1 heterocycles. The van der Waals surface area contributed by atoms with Crippen LogP contribution in [0.5, 0.6) is 5.75 Å². The van der Waals surface area contributed by atoms with Crippen LogP contribution in [0.1, 0.15) is 24.5 Å². The van der Waals surface area contributed by atoms with Crippen LogP contribution in [0.15, 0.2) is 42.5 Å². The second kappa shape index (κ2) is 8.28. The Labute approximate surface area is 166 Å². The van der Waals surface area contributed by atoms with Gasteiger partial charge in [-0.25, -0.2) is 8.78 Å². The van der Waals surface area contributed by atoms with E-state index in [1.165, 1.54) is 6.92 Å². The fraction of sp³-hybridized carbons (Fsp3) is 0.300. The lowest BCUT2D eigenvalue weighted by Gasteiger charge is -2.44. The number of nitrogens with one attached hydrogen (secondary N) is 2. The zero-order chi connectivity index (χ0) is 20.3. The fourth-order valence-corrected chi connectivity index (χ4v) is 4.81. The van der Waals surface area contributed by atoms with Crippen LogP contribution < -0.4 is 15.8 Å². The Morgan fingerprint density at radius 2 is 2.11 bits per heavy atom. The summed E-state index contributed by atoms with van der Waals surface area (Å²) in [5.41, 5.74) is 6.28. The second-order valence-corrected chi connectivity index (χ2v) is 7.81. The van der Waals surface area contributed by atoms with E-state index in [0.717, 1.165) is 30.0 Å². The third-order valence-corrected chi connectivity index (χ3v) is 6.02. The van der Waals surface area contributed by atoms with Crippen molar-refractivity contribution in [2.45, 2.75) is 18.2 Å². The van der Waals surface area contributed by atoms with Gasteiger partial charge in [0.15, 0.2) is 0 Å². The molecule has 2 aromatic rings. The molecule has 28 heavy (non-hydrogen) atoms. The summed E-state index contributed by atoms with van der Waals surface area (Å²) >= 11 is 0.972. The molecule has 8 heteroatoms. The number of benzene rings is 2. The van der Waals surface area contributed by atoms with Crippen LogP contribution in [0.25, 0.3) is 0 Å². The maximum Gasteiger partial charge on any atom is 0.218 e. The number of halogens is 2. The average Bonchev–Trinajstić information content (AvgIpc) is 2.65. The molecule has 0 spiro atoms. The first kappa shape index (κ1) is 20.3. The third-order valence-electron chi connectivity index (χ3n) is 4.62. The highest BCUT2D eigenvalue weighted by atomic mass is 32.2. The van der Waals surface area contributed by atoms with E-state index in [-0.39, 0.29) is 29.0 Å². The zero-order valence-electron chi connectivity index (χ0n) is 15.3. The van der Waals surface area contributed by atoms with Gasteiger partial charge in [-0.15, -0.1) is 0 Å². The first-order valence-electron chi connectivity index (χ1n) is 8.81. The lowest BCUT2D eigenvalue weighted by molar-refractivity contribution is -0.120. The van der Waals surface area contributed by atoms with Crippen molar-refractivity contribution in [2.24, 2.45) is 11.7 Å². The molecule has 5 nitrogen and oxygen atoms in total. The Morgan fingerprint density at radius 1 is 1.36 bits per heavy atom. The van der Waals surface area contributed by atoms with E-state index in [1.54, 1.807) is 18.2 Å². The summed E-state index contributed by atoms with van der Waals surface area (Å²) in [6.45, 7) is 2.01. The minimum Gasteiger partial charge on any atom is -0.493 e. The lowest BCUT2D eigenvalue weighted by atomic mass is 9.87. The Balaban J connectivity index is 2.11. The SMILES string of the molecule is CC(=O)N[C@]1(SC(=N)c2cc(F)ccc2F)c2ccccc2OC[C@@H]1CCN. The first-order valence-corrected chi connectivity index (χ1v) is 9.63. The van der Waals surface area contributed by atoms with Crippen LogP contribution in [0, 0.1) is 23.0 Å². The fourth-order valence-electron chi connectivity index (χ4n) is 3.40. The normalized spacial score (nSPS) is 20.8. The summed E-state index contributed by atoms with van der Waals surface area (Å²) in [7, 11) is 0. The Bertz CT molecular complexity index is 909. The van der Waals surface area contributed by atoms with Crippen LogP contribution in [-0.4, -0.2) is 24.1 Å². The smallest absolute Gasteiger partial charge is 0.218 e. The van der Waals surface area contributed by atoms with Gasteiger partial charge in [-0.2, -0.15) is 0 Å². The number of amides is 1. The van der Waals surface area contributed by atoms with E-state index < -0.39 is 16.5 Å². The van der Waals surface area contributed by atoms with Crippen molar-refractivity contribution in [1.29, 1.82) is 5.41 Å². The summed E-state index contributed by atoms with van der Waals surface area (Å²) < 4.78 is 33.7. The number of carbonyl (C=O) groups excluding carboxylic acids is 1. The maximum absolute atomic E-state index is 14.2. The molecule has 0 aromatic heterocycles. The highest BCUT2D eigenvalue weighted by Gasteiger charge is 2.48. The number of ether oxygens (including phenoxy) is 1. The number of nitrogens with two attached hydrogens (primary N) is 1. The predicted octanol–water partition coefficient (Wildman–Crippen LogP) is 3.37. The first-order chi connectivity index (χ1) is 13.4. The Kier molecular flexibility index (Phi) is 6.00. The number of carbonyl (C=O) groups is 1. The molecule has 148 valence electrons. The largest absolute Gasteiger partial charge is 0.493 e. The second-order valence-electron chi connectivity index (χ2n) is 6.55. The van der Waals surface area contributed by atoms with Gasteiger partial charge in [0.2, 0.25) is 5.91 Å². The van der Waals surface area contributed by atoms with Gasteiger partial charge in [0.25, 0.3) is 0 Å². The van der Waals surface area contributed by atoms with Gasteiger partial charge in [0, 0.05) is 24.0 Å². The van der Waals surface area contributed by atoms with Gasteiger partial charge >= 0.3 is 0 Å². The quantitative estimate of drug-likeness (QED) is 0.404. The molecule has 1 aliphatic heterocycles. The molecule has 1 amide bonds. The average molecular weight is 405 g/mol. The van der Waals surface area contributed by atoms with E-state index in [9.17, 15) is 13.6 Å². The number of hydrogen-bond acceptors (Lipinski definition) is 5. The Hall–Kier alpha value is -2.45. The molecule has 0 saturated carbocycles. The van der Waals surface area contributed by atoms with Gasteiger partial charge in [-0.1, -0.05) is 30.0 Å². The number of para-hydroxylation sites is 1. The highest BCUT2D eigenvalue weighted by molar-refractivity contribution is 8.15. The molecule has 0 saturated heterocycles. The summed E-state index contributed by atoms with van der Waals surface area (Å²) in [6, 6.07) is 10.2. The molecular weight excluding hydrogens is 384 g/mol. The van der Waals surface area contributed by atoms with Gasteiger partial charge in [0.1, 0.15) is 22.3 Å². The topological polar surface area (TPSA) is 88.2 Å². The van der Waals surface area contributed by atoms with E-state index in [0.29, 0.717) is 24.3 Å². The summed E-state index contributed by atoms with van der Waals surface area (Å²) in [4.78, 5) is 11.0. The van der Waals surface area contributed by atoms with Gasteiger partial charge in [-0.3, -0.25) is 10.2 Å². The molecule has 3 rings (SSSR count). The molecule has 0 bridgehead atoms. The van der Waals surface area contributed by atoms with E-state index in [4.69, 9.17) is 15.9 Å². The van der Waals surface area contributed by atoms with Crippen LogP contribution in [0.3, 0.4) is 0 Å². The number of rotatable bonds is 5. The van der Waals surface area contributed by atoms with Crippen molar-refractivity contribution in [3.8, 4) is 5.75 Å². The van der Waals surface area contributed by atoms with Crippen LogP contribution in [0.2, 0.25) is 0 Å². The van der Waals surface area contributed by atoms with Crippen LogP contribution in [-0.2, 0) is 9.67 Å². The van der Waals surface area contributed by atoms with Crippen LogP contribution >= 0.6 is 11.8 Å². The van der Waals surface area contributed by atoms with Crippen molar-refractivity contribution in [1.82, 2.24) is 5.32 Å².